The summed E-state index contributed by atoms with van der Waals surface area (Å²) in [5, 5.41) is 2.77. The maximum Gasteiger partial charge on any atom is 0.221 e. The molecule has 110 valence electrons. The molecule has 3 nitrogen and oxygen atoms in total. The highest BCUT2D eigenvalue weighted by atomic mass is 35.5. The molecule has 0 spiro atoms. The van der Waals surface area contributed by atoms with Gasteiger partial charge in [-0.25, -0.2) is 0 Å². The summed E-state index contributed by atoms with van der Waals surface area (Å²) in [6, 6.07) is 8.44. The average molecular weight is 295 g/mol. The van der Waals surface area contributed by atoms with Crippen LogP contribution in [0.4, 0.5) is 5.69 Å². The number of hydrogen-bond donors (Lipinski definition) is 1. The van der Waals surface area contributed by atoms with Crippen LogP contribution in [0.15, 0.2) is 24.3 Å². The van der Waals surface area contributed by atoms with Gasteiger partial charge in [-0.2, -0.15) is 0 Å². The van der Waals surface area contributed by atoms with Crippen molar-refractivity contribution in [3.63, 3.8) is 0 Å². The van der Waals surface area contributed by atoms with E-state index in [0.717, 1.165) is 24.3 Å². The minimum atomic E-state index is -0.0534. The molecule has 1 saturated heterocycles. The minimum absolute atomic E-state index is 0.00179. The second-order valence-electron chi connectivity index (χ2n) is 5.61. The van der Waals surface area contributed by atoms with Crippen LogP contribution in [-0.4, -0.2) is 29.9 Å². The number of rotatable bonds is 4. The molecule has 1 heterocycles. The van der Waals surface area contributed by atoms with Gasteiger partial charge in [-0.3, -0.25) is 9.69 Å². The molecule has 2 atom stereocenters. The number of piperidine rings is 1. The van der Waals surface area contributed by atoms with Gasteiger partial charge in [0.25, 0.3) is 0 Å². The lowest BCUT2D eigenvalue weighted by atomic mass is 10.0. The van der Waals surface area contributed by atoms with Gasteiger partial charge in [0.05, 0.1) is 5.38 Å². The van der Waals surface area contributed by atoms with Crippen LogP contribution in [0.5, 0.6) is 0 Å². The van der Waals surface area contributed by atoms with Crippen molar-refractivity contribution in [3.8, 4) is 0 Å². The van der Waals surface area contributed by atoms with Gasteiger partial charge in [0.1, 0.15) is 0 Å². The van der Waals surface area contributed by atoms with Crippen molar-refractivity contribution in [2.24, 2.45) is 0 Å². The van der Waals surface area contributed by atoms with Crippen LogP contribution in [0.1, 0.15) is 44.1 Å². The number of anilines is 1. The van der Waals surface area contributed by atoms with Crippen molar-refractivity contribution < 1.29 is 4.79 Å². The molecule has 0 aliphatic carbocycles. The number of benzene rings is 1. The molecule has 1 amide bonds. The lowest BCUT2D eigenvalue weighted by molar-refractivity contribution is -0.114. The van der Waals surface area contributed by atoms with Crippen LogP contribution in [-0.2, 0) is 4.79 Å². The van der Waals surface area contributed by atoms with Gasteiger partial charge in [0.2, 0.25) is 5.91 Å². The predicted octanol–water partition coefficient (Wildman–Crippen LogP) is 3.80. The predicted molar refractivity (Wildman–Crippen MR) is 84.2 cm³/mol. The lowest BCUT2D eigenvalue weighted by Crippen LogP contribution is -2.39. The van der Waals surface area contributed by atoms with Crippen LogP contribution in [0.3, 0.4) is 0 Å². The maximum atomic E-state index is 11.0. The molecule has 1 aromatic rings. The first-order valence-electron chi connectivity index (χ1n) is 7.32. The standard InChI is InChI=1S/C16H23ClN2O/c1-12-5-3-4-10-19(12)11-16(17)14-6-8-15(9-7-14)18-13(2)20/h6-9,12,16H,3-5,10-11H2,1-2H3,(H,18,20). The Morgan fingerprint density at radius 2 is 2.10 bits per heavy atom. The van der Waals surface area contributed by atoms with E-state index in [9.17, 15) is 4.79 Å². The highest BCUT2D eigenvalue weighted by Crippen LogP contribution is 2.26. The Balaban J connectivity index is 1.94. The fourth-order valence-electron chi connectivity index (χ4n) is 2.72. The Hall–Kier alpha value is -1.06. The molecule has 0 saturated carbocycles. The summed E-state index contributed by atoms with van der Waals surface area (Å²) >= 11 is 6.53. The first-order chi connectivity index (χ1) is 9.56. The van der Waals surface area contributed by atoms with Gasteiger partial charge in [-0.1, -0.05) is 18.6 Å². The number of nitrogens with zero attached hydrogens (tertiary/aromatic N) is 1. The molecule has 1 aliphatic heterocycles. The van der Waals surface area contributed by atoms with Crippen LogP contribution in [0, 0.1) is 0 Å². The Kier molecular flexibility index (Phi) is 5.44. The summed E-state index contributed by atoms with van der Waals surface area (Å²) in [4.78, 5) is 13.5. The van der Waals surface area contributed by atoms with E-state index >= 15 is 0 Å². The molecule has 4 heteroatoms. The van der Waals surface area contributed by atoms with E-state index in [4.69, 9.17) is 11.6 Å². The highest BCUT2D eigenvalue weighted by Gasteiger charge is 2.21. The first kappa shape index (κ1) is 15.3. The second-order valence-corrected chi connectivity index (χ2v) is 6.14. The number of amides is 1. The van der Waals surface area contributed by atoms with E-state index in [-0.39, 0.29) is 11.3 Å². The third-order valence-corrected chi connectivity index (χ3v) is 4.32. The van der Waals surface area contributed by atoms with Crippen LogP contribution in [0.2, 0.25) is 0 Å². The number of carbonyl (C=O) groups excluding carboxylic acids is 1. The second kappa shape index (κ2) is 7.09. The van der Waals surface area contributed by atoms with Gasteiger partial charge in [-0.15, -0.1) is 11.6 Å². The summed E-state index contributed by atoms with van der Waals surface area (Å²) in [6.45, 7) is 5.83. The molecule has 1 aliphatic rings. The molecule has 1 aromatic carbocycles. The summed E-state index contributed by atoms with van der Waals surface area (Å²) in [6.07, 6.45) is 3.87. The van der Waals surface area contributed by atoms with Gasteiger partial charge >= 0.3 is 0 Å². The fraction of sp³-hybridized carbons (Fsp3) is 0.562. The highest BCUT2D eigenvalue weighted by molar-refractivity contribution is 6.21. The molecule has 20 heavy (non-hydrogen) atoms. The molecule has 2 unspecified atom stereocenters. The van der Waals surface area contributed by atoms with E-state index < -0.39 is 0 Å². The van der Waals surface area contributed by atoms with Crippen molar-refractivity contribution >= 4 is 23.2 Å². The Bertz CT molecular complexity index is 446. The first-order valence-corrected chi connectivity index (χ1v) is 7.75. The molecular weight excluding hydrogens is 272 g/mol. The van der Waals surface area contributed by atoms with Crippen molar-refractivity contribution in [2.45, 2.75) is 44.5 Å². The lowest BCUT2D eigenvalue weighted by Gasteiger charge is -2.34. The van der Waals surface area contributed by atoms with Gasteiger partial charge in [-0.05, 0) is 44.0 Å². The van der Waals surface area contributed by atoms with E-state index in [2.05, 4.69) is 17.1 Å². The molecule has 1 fully saturated rings. The van der Waals surface area contributed by atoms with Gasteiger partial charge < -0.3 is 5.32 Å². The summed E-state index contributed by atoms with van der Waals surface area (Å²) in [5.74, 6) is -0.0534. The van der Waals surface area contributed by atoms with Gasteiger partial charge in [0, 0.05) is 25.2 Å². The van der Waals surface area contributed by atoms with Crippen molar-refractivity contribution in [2.75, 3.05) is 18.4 Å². The Morgan fingerprint density at radius 3 is 2.70 bits per heavy atom. The third-order valence-electron chi connectivity index (χ3n) is 3.93. The molecule has 1 N–H and O–H groups in total. The molecular formula is C16H23ClN2O. The van der Waals surface area contributed by atoms with E-state index in [1.165, 1.54) is 26.2 Å². The zero-order chi connectivity index (χ0) is 14.5. The topological polar surface area (TPSA) is 32.3 Å². The third kappa shape index (κ3) is 4.22. The van der Waals surface area contributed by atoms with Crippen molar-refractivity contribution in [1.29, 1.82) is 0 Å². The maximum absolute atomic E-state index is 11.0. The number of carbonyl (C=O) groups is 1. The average Bonchev–Trinajstić information content (AvgIpc) is 2.41. The quantitative estimate of drug-likeness (QED) is 0.857. The Labute approximate surface area is 126 Å². The van der Waals surface area contributed by atoms with Crippen molar-refractivity contribution in [1.82, 2.24) is 4.90 Å². The monoisotopic (exact) mass is 294 g/mol. The van der Waals surface area contributed by atoms with E-state index in [0.29, 0.717) is 6.04 Å². The number of nitrogens with one attached hydrogen (secondary N) is 1. The molecule has 0 bridgehead atoms. The number of alkyl halides is 1. The molecule has 0 radical (unpaired) electrons. The zero-order valence-electron chi connectivity index (χ0n) is 12.2. The minimum Gasteiger partial charge on any atom is -0.326 e. The van der Waals surface area contributed by atoms with Gasteiger partial charge in [0.15, 0.2) is 0 Å². The summed E-state index contributed by atoms with van der Waals surface area (Å²) in [5.41, 5.74) is 1.93. The van der Waals surface area contributed by atoms with E-state index in [1.807, 2.05) is 24.3 Å². The van der Waals surface area contributed by atoms with Crippen molar-refractivity contribution in [3.05, 3.63) is 29.8 Å². The smallest absolute Gasteiger partial charge is 0.221 e. The van der Waals surface area contributed by atoms with Crippen LogP contribution >= 0.6 is 11.6 Å². The van der Waals surface area contributed by atoms with Crippen LogP contribution < -0.4 is 5.32 Å². The van der Waals surface area contributed by atoms with E-state index in [1.54, 1.807) is 0 Å². The molecule has 2 rings (SSSR count). The molecule has 0 aromatic heterocycles. The normalized spacial score (nSPS) is 21.4. The Morgan fingerprint density at radius 1 is 1.40 bits per heavy atom. The number of likely N-dealkylation sites (tertiary alicyclic amines) is 1. The fourth-order valence-corrected chi connectivity index (χ4v) is 3.04. The van der Waals surface area contributed by atoms with Crippen LogP contribution in [0.25, 0.3) is 0 Å². The largest absolute Gasteiger partial charge is 0.326 e. The number of hydrogen-bond acceptors (Lipinski definition) is 2. The summed E-state index contributed by atoms with van der Waals surface area (Å²) < 4.78 is 0. The number of halogens is 1. The zero-order valence-corrected chi connectivity index (χ0v) is 13.0. The summed E-state index contributed by atoms with van der Waals surface area (Å²) in [7, 11) is 0. The SMILES string of the molecule is CC(=O)Nc1ccc(C(Cl)CN2CCCCC2C)cc1.